The average Bonchev–Trinajstić information content (AvgIpc) is 3.05. The summed E-state index contributed by atoms with van der Waals surface area (Å²) in [7, 11) is 0. The summed E-state index contributed by atoms with van der Waals surface area (Å²) in [4.78, 5) is 22.7. The first-order chi connectivity index (χ1) is 15.9. The van der Waals surface area contributed by atoms with Crippen LogP contribution in [0.15, 0.2) is 66.7 Å². The molecule has 0 radical (unpaired) electrons. The van der Waals surface area contributed by atoms with Gasteiger partial charge in [-0.25, -0.2) is 0 Å². The molecule has 0 N–H and O–H groups in total. The second-order valence-corrected chi connectivity index (χ2v) is 7.76. The highest BCUT2D eigenvalue weighted by Gasteiger charge is 2.18. The topological polar surface area (TPSA) is 81.3 Å². The van der Waals surface area contributed by atoms with Crippen LogP contribution in [0.25, 0.3) is 22.2 Å². The molecule has 0 unspecified atom stereocenters. The van der Waals surface area contributed by atoms with Gasteiger partial charge in [-0.15, -0.1) is 0 Å². The third-order valence-electron chi connectivity index (χ3n) is 5.36. The number of hydrogen-bond acceptors (Lipinski definition) is 5. The molecular weight excluding hydrogens is 416 g/mol. The molecule has 1 aromatic heterocycles. The van der Waals surface area contributed by atoms with E-state index < -0.39 is 0 Å². The zero-order valence-corrected chi connectivity index (χ0v) is 18.6. The van der Waals surface area contributed by atoms with Crippen molar-refractivity contribution in [1.82, 2.24) is 4.57 Å². The van der Waals surface area contributed by atoms with Crippen LogP contribution in [0.1, 0.15) is 30.5 Å². The van der Waals surface area contributed by atoms with Crippen LogP contribution in [-0.2, 0) is 16.1 Å². The minimum absolute atomic E-state index is 0.369. The Morgan fingerprint density at radius 3 is 2.09 bits per heavy atom. The van der Waals surface area contributed by atoms with E-state index in [4.69, 9.17) is 14.7 Å². The molecule has 6 heteroatoms. The number of benzene rings is 3. The largest absolute Gasteiger partial charge is 0.427 e. The van der Waals surface area contributed by atoms with Gasteiger partial charge in [-0.1, -0.05) is 12.1 Å². The zero-order chi connectivity index (χ0) is 23.5. The summed E-state index contributed by atoms with van der Waals surface area (Å²) in [6.07, 6.45) is 0. The highest BCUT2D eigenvalue weighted by Crippen LogP contribution is 2.36. The third-order valence-corrected chi connectivity index (χ3v) is 5.36. The van der Waals surface area contributed by atoms with Gasteiger partial charge in [0.1, 0.15) is 11.5 Å². The van der Waals surface area contributed by atoms with Crippen LogP contribution in [0.5, 0.6) is 11.5 Å². The van der Waals surface area contributed by atoms with Crippen LogP contribution < -0.4 is 9.47 Å². The number of nitrogens with zero attached hydrogens (tertiary/aromatic N) is 2. The van der Waals surface area contributed by atoms with Crippen molar-refractivity contribution in [3.05, 3.63) is 83.4 Å². The molecule has 4 rings (SSSR count). The second kappa shape index (κ2) is 9.01. The van der Waals surface area contributed by atoms with Crippen molar-refractivity contribution in [3.8, 4) is 28.8 Å². The fourth-order valence-electron chi connectivity index (χ4n) is 3.98. The van der Waals surface area contributed by atoms with E-state index in [-0.39, 0.29) is 11.9 Å². The lowest BCUT2D eigenvalue weighted by atomic mass is 10.1. The van der Waals surface area contributed by atoms with Gasteiger partial charge in [-0.05, 0) is 78.2 Å². The Morgan fingerprint density at radius 1 is 0.879 bits per heavy atom. The van der Waals surface area contributed by atoms with Crippen LogP contribution in [0, 0.1) is 18.3 Å². The van der Waals surface area contributed by atoms with Crippen molar-refractivity contribution in [2.24, 2.45) is 0 Å². The van der Waals surface area contributed by atoms with Gasteiger partial charge in [-0.3, -0.25) is 9.59 Å². The average molecular weight is 438 g/mol. The number of carbonyl (C=O) groups excluding carboxylic acids is 2. The zero-order valence-electron chi connectivity index (χ0n) is 18.6. The molecule has 4 aromatic rings. The normalized spacial score (nSPS) is 10.6. The van der Waals surface area contributed by atoms with Gasteiger partial charge in [0.05, 0.1) is 17.3 Å². The Labute approximate surface area is 191 Å². The van der Waals surface area contributed by atoms with Gasteiger partial charge >= 0.3 is 11.9 Å². The fourth-order valence-corrected chi connectivity index (χ4v) is 3.98. The van der Waals surface area contributed by atoms with Crippen molar-refractivity contribution < 1.29 is 19.1 Å². The quantitative estimate of drug-likeness (QED) is 0.308. The molecule has 0 aliphatic heterocycles. The Morgan fingerprint density at radius 2 is 1.48 bits per heavy atom. The van der Waals surface area contributed by atoms with E-state index in [0.717, 1.165) is 33.3 Å². The number of carbonyl (C=O) groups is 2. The number of ether oxygens (including phenoxy) is 2. The van der Waals surface area contributed by atoms with E-state index in [1.165, 1.54) is 13.8 Å². The monoisotopic (exact) mass is 438 g/mol. The lowest BCUT2D eigenvalue weighted by molar-refractivity contribution is -0.132. The maximum absolute atomic E-state index is 11.4. The van der Waals surface area contributed by atoms with E-state index in [0.29, 0.717) is 23.6 Å². The molecule has 0 atom stereocenters. The van der Waals surface area contributed by atoms with Gasteiger partial charge in [-0.2, -0.15) is 5.26 Å². The van der Waals surface area contributed by atoms with Crippen molar-refractivity contribution in [2.45, 2.75) is 27.3 Å². The molecule has 33 heavy (non-hydrogen) atoms. The Bertz CT molecular complexity index is 1390. The summed E-state index contributed by atoms with van der Waals surface area (Å²) in [5.41, 5.74) is 5.65. The highest BCUT2D eigenvalue weighted by atomic mass is 16.5. The number of rotatable bonds is 5. The predicted octanol–water partition coefficient (Wildman–Crippen LogP) is 5.39. The van der Waals surface area contributed by atoms with Crippen molar-refractivity contribution in [2.75, 3.05) is 0 Å². The van der Waals surface area contributed by atoms with E-state index in [9.17, 15) is 9.59 Å². The van der Waals surface area contributed by atoms with Crippen LogP contribution >= 0.6 is 0 Å². The van der Waals surface area contributed by atoms with Crippen LogP contribution in [-0.4, -0.2) is 16.5 Å². The van der Waals surface area contributed by atoms with Crippen LogP contribution in [0.4, 0.5) is 0 Å². The Hall–Kier alpha value is -4.37. The lowest BCUT2D eigenvalue weighted by Crippen LogP contribution is -2.03. The molecule has 6 nitrogen and oxygen atoms in total. The molecule has 1 heterocycles. The molecule has 0 spiro atoms. The minimum atomic E-state index is -0.370. The number of fused-ring (bicyclic) bond motifs is 1. The smallest absolute Gasteiger partial charge is 0.308 e. The summed E-state index contributed by atoms with van der Waals surface area (Å²) < 4.78 is 12.7. The van der Waals surface area contributed by atoms with Crippen molar-refractivity contribution in [1.29, 1.82) is 5.26 Å². The summed E-state index contributed by atoms with van der Waals surface area (Å²) >= 11 is 0. The van der Waals surface area contributed by atoms with Gasteiger partial charge in [0.25, 0.3) is 0 Å². The summed E-state index contributed by atoms with van der Waals surface area (Å²) in [6.45, 7) is 5.37. The van der Waals surface area contributed by atoms with E-state index in [1.807, 2.05) is 43.3 Å². The first-order valence-corrected chi connectivity index (χ1v) is 10.4. The first-order valence-electron chi connectivity index (χ1n) is 10.4. The molecule has 0 aliphatic rings. The summed E-state index contributed by atoms with van der Waals surface area (Å²) in [5, 5.41) is 10.1. The SMILES string of the molecule is CC(=O)Oc1ccc(-c2c(C)c3cc(OC(C)=O)ccc3n2Cc2ccc(C#N)cc2)cc1. The molecular formula is C27H22N2O4. The predicted molar refractivity (Wildman–Crippen MR) is 125 cm³/mol. The molecule has 0 amide bonds. The van der Waals surface area contributed by atoms with Crippen LogP contribution in [0.2, 0.25) is 0 Å². The van der Waals surface area contributed by atoms with Gasteiger partial charge in [0.15, 0.2) is 0 Å². The van der Waals surface area contributed by atoms with Gasteiger partial charge < -0.3 is 14.0 Å². The second-order valence-electron chi connectivity index (χ2n) is 7.76. The van der Waals surface area contributed by atoms with E-state index in [1.54, 1.807) is 30.3 Å². The number of esters is 2. The van der Waals surface area contributed by atoms with Gasteiger partial charge in [0.2, 0.25) is 0 Å². The van der Waals surface area contributed by atoms with Crippen molar-refractivity contribution in [3.63, 3.8) is 0 Å². The lowest BCUT2D eigenvalue weighted by Gasteiger charge is -2.13. The molecule has 0 aliphatic carbocycles. The van der Waals surface area contributed by atoms with Crippen LogP contribution in [0.3, 0.4) is 0 Å². The Balaban J connectivity index is 1.85. The standard InChI is InChI=1S/C27H22N2O4/c1-17-25-14-24(33-19(3)31)12-13-26(25)29(16-21-6-4-20(15-28)5-7-21)27(17)22-8-10-23(11-9-22)32-18(2)30/h4-14H,16H2,1-3H3. The number of nitriles is 1. The third kappa shape index (κ3) is 4.63. The van der Waals surface area contributed by atoms with E-state index >= 15 is 0 Å². The molecule has 0 fully saturated rings. The molecule has 3 aromatic carbocycles. The van der Waals surface area contributed by atoms with Gasteiger partial charge in [0, 0.05) is 31.3 Å². The summed E-state index contributed by atoms with van der Waals surface area (Å²) in [6, 6.07) is 22.6. The molecule has 0 bridgehead atoms. The molecule has 0 saturated carbocycles. The summed E-state index contributed by atoms with van der Waals surface area (Å²) in [5.74, 6) is 0.235. The Kier molecular flexibility index (Phi) is 5.97. The molecule has 164 valence electrons. The van der Waals surface area contributed by atoms with E-state index in [2.05, 4.69) is 10.6 Å². The fraction of sp³-hybridized carbons (Fsp3) is 0.148. The first kappa shape index (κ1) is 21.8. The number of hydrogen-bond donors (Lipinski definition) is 0. The maximum atomic E-state index is 11.4. The maximum Gasteiger partial charge on any atom is 0.308 e. The minimum Gasteiger partial charge on any atom is -0.427 e. The number of aryl methyl sites for hydroxylation is 1. The van der Waals surface area contributed by atoms with Crippen molar-refractivity contribution >= 4 is 22.8 Å². The molecule has 0 saturated heterocycles. The highest BCUT2D eigenvalue weighted by molar-refractivity contribution is 5.93. The number of aromatic nitrogens is 1.